The fourth-order valence-corrected chi connectivity index (χ4v) is 2.46. The molecule has 0 aliphatic carbocycles. The van der Waals surface area contributed by atoms with Crippen molar-refractivity contribution >= 4 is 17.3 Å². The van der Waals surface area contributed by atoms with E-state index in [1.165, 1.54) is 0 Å². The van der Waals surface area contributed by atoms with Gasteiger partial charge in [0.1, 0.15) is 12.4 Å². The minimum absolute atomic E-state index is 0.139. The first-order chi connectivity index (χ1) is 11.7. The summed E-state index contributed by atoms with van der Waals surface area (Å²) in [4.78, 5) is 0. The van der Waals surface area contributed by atoms with Crippen LogP contribution in [-0.4, -0.2) is 20.3 Å². The zero-order valence-corrected chi connectivity index (χ0v) is 14.5. The summed E-state index contributed by atoms with van der Waals surface area (Å²) >= 11 is 6.27. The second-order valence-corrected chi connectivity index (χ2v) is 5.32. The lowest BCUT2D eigenvalue weighted by Gasteiger charge is -2.14. The third kappa shape index (κ3) is 4.74. The van der Waals surface area contributed by atoms with Crippen molar-refractivity contribution in [1.82, 2.24) is 0 Å². The van der Waals surface area contributed by atoms with Crippen LogP contribution >= 0.6 is 11.6 Å². The Hall–Kier alpha value is -2.51. The molecule has 0 aromatic heterocycles. The predicted octanol–water partition coefficient (Wildman–Crippen LogP) is 4.37. The molecule has 0 fully saturated rings. The van der Waals surface area contributed by atoms with Gasteiger partial charge in [-0.15, -0.1) is 6.42 Å². The lowest BCUT2D eigenvalue weighted by molar-refractivity contribution is 0.331. The van der Waals surface area contributed by atoms with E-state index in [0.717, 1.165) is 17.0 Å². The van der Waals surface area contributed by atoms with E-state index in [1.54, 1.807) is 7.11 Å². The van der Waals surface area contributed by atoms with Crippen molar-refractivity contribution in [3.63, 3.8) is 0 Å². The first kappa shape index (κ1) is 17.8. The molecule has 0 amide bonds. The topological polar surface area (TPSA) is 39.7 Å². The highest BCUT2D eigenvalue weighted by Gasteiger charge is 2.11. The number of hydrogen-bond donors (Lipinski definition) is 1. The van der Waals surface area contributed by atoms with Gasteiger partial charge in [-0.2, -0.15) is 0 Å². The van der Waals surface area contributed by atoms with Gasteiger partial charge in [-0.05, 0) is 48.9 Å². The van der Waals surface area contributed by atoms with Crippen LogP contribution in [0.4, 0.5) is 5.69 Å². The summed E-state index contributed by atoms with van der Waals surface area (Å²) in [5.74, 6) is 4.28. The molecule has 0 unspecified atom stereocenters. The quantitative estimate of drug-likeness (QED) is 0.721. The van der Waals surface area contributed by atoms with Gasteiger partial charge in [0, 0.05) is 12.2 Å². The van der Waals surface area contributed by atoms with Crippen LogP contribution in [0.1, 0.15) is 12.5 Å². The molecule has 0 atom stereocenters. The molecule has 2 aromatic carbocycles. The molecule has 5 heteroatoms. The molecular weight excluding hydrogens is 326 g/mol. The summed E-state index contributed by atoms with van der Waals surface area (Å²) in [6.45, 7) is 3.35. The summed E-state index contributed by atoms with van der Waals surface area (Å²) in [6.07, 6.45) is 5.21. The Morgan fingerprint density at radius 1 is 1.17 bits per heavy atom. The number of ether oxygens (including phenoxy) is 3. The lowest BCUT2D eigenvalue weighted by atomic mass is 10.2. The number of terminal acetylenes is 1. The number of rotatable bonds is 8. The molecule has 0 heterocycles. The Balaban J connectivity index is 2.07. The van der Waals surface area contributed by atoms with Crippen LogP contribution in [0.15, 0.2) is 36.4 Å². The molecule has 0 saturated heterocycles. The summed E-state index contributed by atoms with van der Waals surface area (Å²) in [7, 11) is 1.57. The van der Waals surface area contributed by atoms with Crippen molar-refractivity contribution < 1.29 is 14.2 Å². The van der Waals surface area contributed by atoms with Crippen molar-refractivity contribution in [2.45, 2.75) is 13.5 Å². The number of halogens is 1. The first-order valence-corrected chi connectivity index (χ1v) is 7.95. The van der Waals surface area contributed by atoms with Crippen molar-refractivity contribution in [2.24, 2.45) is 0 Å². The Kier molecular flexibility index (Phi) is 6.65. The van der Waals surface area contributed by atoms with Gasteiger partial charge in [0.05, 0.1) is 18.7 Å². The zero-order chi connectivity index (χ0) is 17.4. The standard InChI is InChI=1S/C19H20ClNO3/c1-4-10-24-19-17(20)11-14(12-18(19)22-3)13-21-15-6-8-16(9-7-15)23-5-2/h1,6-9,11-12,21H,5,10,13H2,2-3H3. The van der Waals surface area contributed by atoms with Crippen molar-refractivity contribution in [2.75, 3.05) is 25.6 Å². The zero-order valence-electron chi connectivity index (χ0n) is 13.8. The van der Waals surface area contributed by atoms with Crippen LogP contribution in [0.5, 0.6) is 17.2 Å². The van der Waals surface area contributed by atoms with Gasteiger partial charge >= 0.3 is 0 Å². The fourth-order valence-electron chi connectivity index (χ4n) is 2.17. The van der Waals surface area contributed by atoms with Crippen molar-refractivity contribution in [1.29, 1.82) is 0 Å². The Morgan fingerprint density at radius 3 is 2.54 bits per heavy atom. The Labute approximate surface area is 147 Å². The highest BCUT2D eigenvalue weighted by atomic mass is 35.5. The minimum Gasteiger partial charge on any atom is -0.494 e. The summed E-state index contributed by atoms with van der Waals surface area (Å²) in [6, 6.07) is 11.5. The number of methoxy groups -OCH3 is 1. The third-order valence-electron chi connectivity index (χ3n) is 3.25. The molecule has 4 nitrogen and oxygen atoms in total. The summed E-state index contributed by atoms with van der Waals surface area (Å²) in [5.41, 5.74) is 1.96. The molecule has 126 valence electrons. The van der Waals surface area contributed by atoms with Gasteiger partial charge in [-0.1, -0.05) is 17.5 Å². The normalized spacial score (nSPS) is 9.92. The molecule has 0 aliphatic rings. The third-order valence-corrected chi connectivity index (χ3v) is 3.53. The van der Waals surface area contributed by atoms with Crippen molar-refractivity contribution in [3.05, 3.63) is 47.0 Å². The number of benzene rings is 2. The molecule has 2 aromatic rings. The number of hydrogen-bond acceptors (Lipinski definition) is 4. The van der Waals surface area contributed by atoms with E-state index >= 15 is 0 Å². The van der Waals surface area contributed by atoms with Crippen LogP contribution in [0.3, 0.4) is 0 Å². The fraction of sp³-hybridized carbons (Fsp3) is 0.263. The van der Waals surface area contributed by atoms with Crippen LogP contribution in [0.2, 0.25) is 5.02 Å². The highest BCUT2D eigenvalue weighted by Crippen LogP contribution is 2.36. The Morgan fingerprint density at radius 2 is 1.92 bits per heavy atom. The van der Waals surface area contributed by atoms with Gasteiger partial charge in [-0.3, -0.25) is 0 Å². The van der Waals surface area contributed by atoms with E-state index in [2.05, 4.69) is 11.2 Å². The highest BCUT2D eigenvalue weighted by molar-refractivity contribution is 6.32. The molecule has 0 radical (unpaired) electrons. The lowest BCUT2D eigenvalue weighted by Crippen LogP contribution is -2.02. The van der Waals surface area contributed by atoms with Gasteiger partial charge in [0.2, 0.25) is 0 Å². The predicted molar refractivity (Wildman–Crippen MR) is 97.3 cm³/mol. The molecule has 0 aliphatic heterocycles. The largest absolute Gasteiger partial charge is 0.494 e. The monoisotopic (exact) mass is 345 g/mol. The number of nitrogens with one attached hydrogen (secondary N) is 1. The van der Waals surface area contributed by atoms with Crippen molar-refractivity contribution in [3.8, 4) is 29.6 Å². The van der Waals surface area contributed by atoms with Gasteiger partial charge < -0.3 is 19.5 Å². The van der Waals surface area contributed by atoms with E-state index in [0.29, 0.717) is 29.7 Å². The van der Waals surface area contributed by atoms with E-state index < -0.39 is 0 Å². The second kappa shape index (κ2) is 8.95. The first-order valence-electron chi connectivity index (χ1n) is 7.57. The SMILES string of the molecule is C#CCOc1c(Cl)cc(CNc2ccc(OCC)cc2)cc1OC. The van der Waals surface area contributed by atoms with E-state index in [9.17, 15) is 0 Å². The maximum atomic E-state index is 6.27. The summed E-state index contributed by atoms with van der Waals surface area (Å²) in [5, 5.41) is 3.79. The Bertz CT molecular complexity index is 708. The van der Waals surface area contributed by atoms with Crippen LogP contribution in [0.25, 0.3) is 0 Å². The van der Waals surface area contributed by atoms with Gasteiger partial charge in [-0.25, -0.2) is 0 Å². The molecular formula is C19H20ClNO3. The molecule has 24 heavy (non-hydrogen) atoms. The maximum absolute atomic E-state index is 6.27. The average molecular weight is 346 g/mol. The second-order valence-electron chi connectivity index (χ2n) is 4.91. The average Bonchev–Trinajstić information content (AvgIpc) is 2.60. The van der Waals surface area contributed by atoms with Gasteiger partial charge in [0.25, 0.3) is 0 Å². The van der Waals surface area contributed by atoms with Crippen LogP contribution < -0.4 is 19.5 Å². The molecule has 0 spiro atoms. The van der Waals surface area contributed by atoms with Gasteiger partial charge in [0.15, 0.2) is 11.5 Å². The molecule has 0 saturated carbocycles. The minimum atomic E-state index is 0.139. The molecule has 0 bridgehead atoms. The number of anilines is 1. The van der Waals surface area contributed by atoms with E-state index in [4.69, 9.17) is 32.2 Å². The van der Waals surface area contributed by atoms with Crippen LogP contribution in [-0.2, 0) is 6.54 Å². The molecule has 1 N–H and O–H groups in total. The van der Waals surface area contributed by atoms with E-state index in [1.807, 2.05) is 43.3 Å². The molecule has 2 rings (SSSR count). The van der Waals surface area contributed by atoms with Crippen LogP contribution in [0, 0.1) is 12.3 Å². The van der Waals surface area contributed by atoms with E-state index in [-0.39, 0.29) is 6.61 Å². The summed E-state index contributed by atoms with van der Waals surface area (Å²) < 4.78 is 16.2. The smallest absolute Gasteiger partial charge is 0.181 e. The maximum Gasteiger partial charge on any atom is 0.181 e.